The largest absolute Gasteiger partial charge is 0.299 e. The van der Waals surface area contributed by atoms with Crippen molar-refractivity contribution >= 4 is 11.6 Å². The molecule has 24 heavy (non-hydrogen) atoms. The van der Waals surface area contributed by atoms with Gasteiger partial charge < -0.3 is 0 Å². The molecule has 0 radical (unpaired) electrons. The van der Waals surface area contributed by atoms with Gasteiger partial charge in [0.15, 0.2) is 5.78 Å². The molecule has 0 spiro atoms. The molecule has 3 saturated carbocycles. The van der Waals surface area contributed by atoms with Crippen molar-refractivity contribution in [3.05, 3.63) is 11.1 Å². The van der Waals surface area contributed by atoms with Gasteiger partial charge in [-0.25, -0.2) is 0 Å². The SMILES string of the molecule is CC(C)C1=C2CC[C@@H]3[C@@H](CC[C@]4(C)C(=O)CC[C@@H]34)[C@@]2(C)CCC1=O. The lowest BCUT2D eigenvalue weighted by Crippen LogP contribution is -2.51. The first kappa shape index (κ1) is 16.5. The number of carbonyl (C=O) groups excluding carboxylic acids is 2. The molecule has 132 valence electrons. The molecule has 0 saturated heterocycles. The van der Waals surface area contributed by atoms with Gasteiger partial charge >= 0.3 is 0 Å². The van der Waals surface area contributed by atoms with Gasteiger partial charge in [-0.15, -0.1) is 0 Å². The van der Waals surface area contributed by atoms with E-state index in [4.69, 9.17) is 0 Å². The van der Waals surface area contributed by atoms with Crippen LogP contribution in [-0.2, 0) is 9.59 Å². The second-order valence-electron chi connectivity index (χ2n) is 9.72. The topological polar surface area (TPSA) is 34.1 Å². The zero-order valence-corrected chi connectivity index (χ0v) is 15.8. The molecule has 0 bridgehead atoms. The van der Waals surface area contributed by atoms with E-state index < -0.39 is 0 Å². The van der Waals surface area contributed by atoms with Crippen molar-refractivity contribution < 1.29 is 9.59 Å². The first-order chi connectivity index (χ1) is 11.3. The molecular weight excluding hydrogens is 296 g/mol. The fourth-order valence-electron chi connectivity index (χ4n) is 7.20. The van der Waals surface area contributed by atoms with Crippen molar-refractivity contribution in [1.82, 2.24) is 0 Å². The monoisotopic (exact) mass is 328 g/mol. The fourth-order valence-corrected chi connectivity index (χ4v) is 7.20. The summed E-state index contributed by atoms with van der Waals surface area (Å²) in [6.07, 6.45) is 8.24. The summed E-state index contributed by atoms with van der Waals surface area (Å²) in [7, 11) is 0. The molecule has 0 N–H and O–H groups in total. The number of hydrogen-bond donors (Lipinski definition) is 0. The van der Waals surface area contributed by atoms with E-state index in [0.29, 0.717) is 35.2 Å². The molecule has 0 heterocycles. The maximum absolute atomic E-state index is 12.6. The van der Waals surface area contributed by atoms with Crippen LogP contribution >= 0.6 is 0 Å². The van der Waals surface area contributed by atoms with Gasteiger partial charge in [-0.1, -0.05) is 33.3 Å². The molecule has 0 aromatic heterocycles. The predicted octanol–water partition coefficient (Wildman–Crippen LogP) is 5.11. The maximum atomic E-state index is 12.6. The van der Waals surface area contributed by atoms with Gasteiger partial charge in [-0.3, -0.25) is 9.59 Å². The van der Waals surface area contributed by atoms with Crippen LogP contribution in [0.4, 0.5) is 0 Å². The van der Waals surface area contributed by atoms with E-state index in [-0.39, 0.29) is 10.8 Å². The number of ketones is 2. The Kier molecular flexibility index (Phi) is 3.64. The van der Waals surface area contributed by atoms with Crippen molar-refractivity contribution in [2.45, 2.75) is 79.1 Å². The summed E-state index contributed by atoms with van der Waals surface area (Å²) in [5.41, 5.74) is 2.84. The number of Topliss-reactive ketones (excluding diaryl/α,β-unsaturated/α-hetero) is 2. The highest BCUT2D eigenvalue weighted by Gasteiger charge is 2.59. The highest BCUT2D eigenvalue weighted by Crippen LogP contribution is 2.65. The van der Waals surface area contributed by atoms with Gasteiger partial charge in [0.25, 0.3) is 0 Å². The van der Waals surface area contributed by atoms with E-state index in [9.17, 15) is 9.59 Å². The van der Waals surface area contributed by atoms with E-state index >= 15 is 0 Å². The summed E-state index contributed by atoms with van der Waals surface area (Å²) in [5.74, 6) is 3.28. The molecule has 0 aliphatic heterocycles. The van der Waals surface area contributed by atoms with Crippen molar-refractivity contribution in [2.24, 2.45) is 34.5 Å². The van der Waals surface area contributed by atoms with E-state index in [1.165, 1.54) is 18.4 Å². The van der Waals surface area contributed by atoms with E-state index in [1.807, 2.05) is 0 Å². The van der Waals surface area contributed by atoms with Crippen molar-refractivity contribution in [3.63, 3.8) is 0 Å². The first-order valence-electron chi connectivity index (χ1n) is 10.1. The molecule has 3 fully saturated rings. The lowest BCUT2D eigenvalue weighted by atomic mass is 9.46. The van der Waals surface area contributed by atoms with Crippen molar-refractivity contribution in [2.75, 3.05) is 0 Å². The van der Waals surface area contributed by atoms with Crippen LogP contribution in [0.15, 0.2) is 11.1 Å². The van der Waals surface area contributed by atoms with Crippen LogP contribution in [0.2, 0.25) is 0 Å². The minimum absolute atomic E-state index is 0.0376. The summed E-state index contributed by atoms with van der Waals surface area (Å²) in [4.78, 5) is 25.1. The van der Waals surface area contributed by atoms with Crippen LogP contribution < -0.4 is 0 Å². The predicted molar refractivity (Wildman–Crippen MR) is 95.5 cm³/mol. The first-order valence-corrected chi connectivity index (χ1v) is 10.1. The van der Waals surface area contributed by atoms with Gasteiger partial charge in [0.05, 0.1) is 0 Å². The van der Waals surface area contributed by atoms with Crippen LogP contribution in [0.3, 0.4) is 0 Å². The molecule has 0 unspecified atom stereocenters. The standard InChI is InChI=1S/C22H32O2/c1-13(2)20-17-6-5-14-15-7-8-19(24)22(15,4)11-9-16(14)21(17,3)12-10-18(20)23/h13-16H,5-12H2,1-4H3/t14-,15-,16+,21+,22-/m0/s1. The van der Waals surface area contributed by atoms with Gasteiger partial charge in [0, 0.05) is 18.3 Å². The second kappa shape index (κ2) is 5.29. The number of rotatable bonds is 1. The fraction of sp³-hybridized carbons (Fsp3) is 0.818. The third-order valence-electron chi connectivity index (χ3n) is 8.46. The quantitative estimate of drug-likeness (QED) is 0.670. The normalized spacial score (nSPS) is 45.3. The van der Waals surface area contributed by atoms with Crippen LogP contribution in [0.5, 0.6) is 0 Å². The average molecular weight is 328 g/mol. The average Bonchev–Trinajstić information content (AvgIpc) is 2.83. The summed E-state index contributed by atoms with van der Waals surface area (Å²) < 4.78 is 0. The lowest BCUT2D eigenvalue weighted by molar-refractivity contribution is -0.132. The summed E-state index contributed by atoms with van der Waals surface area (Å²) in [5, 5.41) is 0. The van der Waals surface area contributed by atoms with Crippen LogP contribution in [0.25, 0.3) is 0 Å². The minimum Gasteiger partial charge on any atom is -0.299 e. The van der Waals surface area contributed by atoms with E-state index in [2.05, 4.69) is 27.7 Å². The van der Waals surface area contributed by atoms with Gasteiger partial charge in [-0.2, -0.15) is 0 Å². The number of carbonyl (C=O) groups is 2. The zero-order valence-electron chi connectivity index (χ0n) is 15.8. The Balaban J connectivity index is 1.75. The third kappa shape index (κ3) is 2.01. The summed E-state index contributed by atoms with van der Waals surface area (Å²) >= 11 is 0. The minimum atomic E-state index is -0.0376. The summed E-state index contributed by atoms with van der Waals surface area (Å²) in [6.45, 7) is 9.07. The van der Waals surface area contributed by atoms with E-state index in [1.54, 1.807) is 0 Å². The molecule has 2 heteroatoms. The zero-order chi connectivity index (χ0) is 17.3. The molecule has 4 aliphatic carbocycles. The Morgan fingerprint density at radius 2 is 1.58 bits per heavy atom. The van der Waals surface area contributed by atoms with Gasteiger partial charge in [0.1, 0.15) is 5.78 Å². The summed E-state index contributed by atoms with van der Waals surface area (Å²) in [6, 6.07) is 0. The number of allylic oxidation sites excluding steroid dienone is 1. The highest BCUT2D eigenvalue weighted by molar-refractivity contribution is 5.97. The molecule has 0 aromatic carbocycles. The Bertz CT molecular complexity index is 628. The van der Waals surface area contributed by atoms with Gasteiger partial charge in [-0.05, 0) is 73.2 Å². The van der Waals surface area contributed by atoms with Crippen LogP contribution in [0, 0.1) is 34.5 Å². The van der Waals surface area contributed by atoms with Crippen molar-refractivity contribution in [3.8, 4) is 0 Å². The number of fused-ring (bicyclic) bond motifs is 5. The molecule has 5 atom stereocenters. The Morgan fingerprint density at radius 1 is 0.875 bits per heavy atom. The lowest BCUT2D eigenvalue weighted by Gasteiger charge is -2.57. The number of hydrogen-bond acceptors (Lipinski definition) is 2. The maximum Gasteiger partial charge on any atom is 0.159 e. The highest BCUT2D eigenvalue weighted by atomic mass is 16.1. The van der Waals surface area contributed by atoms with Crippen molar-refractivity contribution in [1.29, 1.82) is 0 Å². The molecule has 0 amide bonds. The molecule has 4 rings (SSSR count). The Hall–Kier alpha value is -0.920. The Labute approximate surface area is 146 Å². The second-order valence-corrected chi connectivity index (χ2v) is 9.72. The van der Waals surface area contributed by atoms with Gasteiger partial charge in [0.2, 0.25) is 0 Å². The molecule has 4 aliphatic rings. The molecule has 0 aromatic rings. The molecular formula is C22H32O2. The third-order valence-corrected chi connectivity index (χ3v) is 8.46. The smallest absolute Gasteiger partial charge is 0.159 e. The van der Waals surface area contributed by atoms with Crippen LogP contribution in [-0.4, -0.2) is 11.6 Å². The van der Waals surface area contributed by atoms with E-state index in [0.717, 1.165) is 44.1 Å². The Morgan fingerprint density at radius 3 is 2.29 bits per heavy atom. The molecule has 2 nitrogen and oxygen atoms in total. The van der Waals surface area contributed by atoms with Crippen LogP contribution in [0.1, 0.15) is 79.1 Å².